The van der Waals surface area contributed by atoms with Crippen LogP contribution in [-0.2, 0) is 18.3 Å². The molecule has 1 aromatic heterocycles. The second-order valence-corrected chi connectivity index (χ2v) is 7.04. The molecule has 3 rings (SSSR count). The lowest BCUT2D eigenvalue weighted by molar-refractivity contribution is 0.157. The van der Waals surface area contributed by atoms with Crippen molar-refractivity contribution < 1.29 is 4.74 Å². The lowest BCUT2D eigenvalue weighted by Gasteiger charge is -2.25. The number of guanidine groups is 1. The zero-order valence-electron chi connectivity index (χ0n) is 15.2. The van der Waals surface area contributed by atoms with Crippen LogP contribution in [0.5, 0.6) is 0 Å². The van der Waals surface area contributed by atoms with Crippen LogP contribution in [0, 0.1) is 12.8 Å². The zero-order chi connectivity index (χ0) is 16.9. The number of methoxy groups -OCH3 is 1. The highest BCUT2D eigenvalue weighted by atomic mass is 16.5. The number of ether oxygens (including phenoxy) is 1. The van der Waals surface area contributed by atoms with Crippen LogP contribution in [0.4, 0.5) is 0 Å². The van der Waals surface area contributed by atoms with Crippen LogP contribution in [0.25, 0.3) is 0 Å². The third-order valence-corrected chi connectivity index (χ3v) is 5.23. The van der Waals surface area contributed by atoms with Gasteiger partial charge in [0, 0.05) is 39.2 Å². The number of likely N-dealkylation sites (tertiary alicyclic amines) is 1. The normalized spacial score (nSPS) is 22.5. The summed E-state index contributed by atoms with van der Waals surface area (Å²) in [5.74, 6) is 3.46. The van der Waals surface area contributed by atoms with E-state index in [4.69, 9.17) is 9.73 Å². The van der Waals surface area contributed by atoms with Gasteiger partial charge >= 0.3 is 0 Å². The van der Waals surface area contributed by atoms with Crippen LogP contribution in [0.3, 0.4) is 0 Å². The van der Waals surface area contributed by atoms with Crippen LogP contribution in [0.2, 0.25) is 0 Å². The van der Waals surface area contributed by atoms with E-state index in [1.807, 2.05) is 18.5 Å². The first-order valence-corrected chi connectivity index (χ1v) is 9.07. The van der Waals surface area contributed by atoms with E-state index in [0.717, 1.165) is 37.3 Å². The number of aryl methyl sites for hydroxylation is 1. The Hall–Kier alpha value is -1.63. The van der Waals surface area contributed by atoms with Gasteiger partial charge in [0.2, 0.25) is 0 Å². The molecule has 1 N–H and O–H groups in total. The number of rotatable bonds is 5. The molecule has 2 aliphatic rings. The molecule has 1 atom stereocenters. The highest BCUT2D eigenvalue weighted by Gasteiger charge is 2.27. The van der Waals surface area contributed by atoms with Crippen molar-refractivity contribution >= 4 is 5.96 Å². The number of hydrogen-bond acceptors (Lipinski definition) is 4. The molecule has 24 heavy (non-hydrogen) atoms. The molecular weight excluding hydrogens is 304 g/mol. The topological polar surface area (TPSA) is 67.6 Å². The molecule has 0 bridgehead atoms. The summed E-state index contributed by atoms with van der Waals surface area (Å²) in [6.07, 6.45) is 6.30. The van der Waals surface area contributed by atoms with Crippen molar-refractivity contribution in [1.29, 1.82) is 0 Å². The van der Waals surface area contributed by atoms with Gasteiger partial charge < -0.3 is 19.5 Å². The van der Waals surface area contributed by atoms with Crippen molar-refractivity contribution in [3.8, 4) is 0 Å². The van der Waals surface area contributed by atoms with Crippen molar-refractivity contribution in [2.75, 3.05) is 26.8 Å². The average Bonchev–Trinajstić information content (AvgIpc) is 3.30. The fraction of sp³-hybridized carbons (Fsp3) is 0.824. The highest BCUT2D eigenvalue weighted by molar-refractivity contribution is 5.80. The molecule has 1 saturated carbocycles. The lowest BCUT2D eigenvalue weighted by Crippen LogP contribution is -2.44. The number of aromatic nitrogens is 3. The molecule has 7 heteroatoms. The second-order valence-electron chi connectivity index (χ2n) is 7.04. The van der Waals surface area contributed by atoms with Crippen LogP contribution in [0.1, 0.15) is 43.8 Å². The summed E-state index contributed by atoms with van der Waals surface area (Å²) in [5, 5.41) is 12.0. The Morgan fingerprint density at radius 3 is 2.75 bits per heavy atom. The molecule has 2 fully saturated rings. The van der Waals surface area contributed by atoms with Crippen LogP contribution in [-0.4, -0.2) is 58.5 Å². The predicted octanol–water partition coefficient (Wildman–Crippen LogP) is 1.48. The van der Waals surface area contributed by atoms with Gasteiger partial charge in [-0.1, -0.05) is 12.8 Å². The summed E-state index contributed by atoms with van der Waals surface area (Å²) >= 11 is 0. The molecule has 0 aromatic carbocycles. The number of nitrogens with zero attached hydrogens (tertiary/aromatic N) is 5. The van der Waals surface area contributed by atoms with Crippen molar-refractivity contribution in [3.05, 3.63) is 11.6 Å². The Kier molecular flexibility index (Phi) is 5.71. The standard InChI is InChI=1S/C17H30N6O/c1-13-20-21-16(22(13)2)10-18-17(19-15-6-4-5-7-15)23-9-8-14(11-23)12-24-3/h14-15H,4-12H2,1-3H3,(H,18,19). The molecule has 2 heterocycles. The Bertz CT molecular complexity index is 563. The molecule has 0 radical (unpaired) electrons. The molecule has 1 aromatic rings. The maximum absolute atomic E-state index is 5.33. The number of nitrogens with one attached hydrogen (secondary N) is 1. The van der Waals surface area contributed by atoms with E-state index in [1.54, 1.807) is 7.11 Å². The van der Waals surface area contributed by atoms with E-state index in [2.05, 4.69) is 20.4 Å². The Morgan fingerprint density at radius 1 is 1.29 bits per heavy atom. The molecule has 1 saturated heterocycles. The van der Waals surface area contributed by atoms with Crippen LogP contribution in [0.15, 0.2) is 4.99 Å². The van der Waals surface area contributed by atoms with Crippen molar-refractivity contribution in [3.63, 3.8) is 0 Å². The van der Waals surface area contributed by atoms with Crippen LogP contribution < -0.4 is 5.32 Å². The van der Waals surface area contributed by atoms with Crippen molar-refractivity contribution in [2.24, 2.45) is 18.0 Å². The van der Waals surface area contributed by atoms with Gasteiger partial charge in [-0.05, 0) is 26.2 Å². The predicted molar refractivity (Wildman–Crippen MR) is 93.8 cm³/mol. The maximum atomic E-state index is 5.33. The SMILES string of the molecule is COCC1CCN(C(=NCc2nnc(C)n2C)NC2CCCC2)C1. The molecular formula is C17H30N6O. The average molecular weight is 334 g/mol. The van der Waals surface area contributed by atoms with Gasteiger partial charge in [-0.2, -0.15) is 0 Å². The molecule has 0 spiro atoms. The van der Waals surface area contributed by atoms with Gasteiger partial charge in [0.1, 0.15) is 12.4 Å². The van der Waals surface area contributed by atoms with E-state index in [-0.39, 0.29) is 0 Å². The molecule has 1 aliphatic heterocycles. The van der Waals surface area contributed by atoms with Crippen LogP contribution >= 0.6 is 0 Å². The van der Waals surface area contributed by atoms with Gasteiger partial charge in [0.15, 0.2) is 11.8 Å². The van der Waals surface area contributed by atoms with E-state index in [1.165, 1.54) is 32.1 Å². The lowest BCUT2D eigenvalue weighted by atomic mass is 10.1. The minimum Gasteiger partial charge on any atom is -0.384 e. The van der Waals surface area contributed by atoms with E-state index in [9.17, 15) is 0 Å². The summed E-state index contributed by atoms with van der Waals surface area (Å²) in [5.41, 5.74) is 0. The van der Waals surface area contributed by atoms with Crippen molar-refractivity contribution in [2.45, 2.75) is 51.6 Å². The third kappa shape index (κ3) is 4.06. The number of hydrogen-bond donors (Lipinski definition) is 1. The molecule has 134 valence electrons. The first-order valence-electron chi connectivity index (χ1n) is 9.07. The van der Waals surface area contributed by atoms with Gasteiger partial charge in [0.05, 0.1) is 6.61 Å². The highest BCUT2D eigenvalue weighted by Crippen LogP contribution is 2.20. The van der Waals surface area contributed by atoms with Gasteiger partial charge in [-0.15, -0.1) is 10.2 Å². The minimum absolute atomic E-state index is 0.562. The Labute approximate surface area is 144 Å². The largest absolute Gasteiger partial charge is 0.384 e. The Balaban J connectivity index is 1.69. The summed E-state index contributed by atoms with van der Waals surface area (Å²) in [4.78, 5) is 7.26. The summed E-state index contributed by atoms with van der Waals surface area (Å²) < 4.78 is 7.33. The second kappa shape index (κ2) is 7.96. The molecule has 1 aliphatic carbocycles. The summed E-state index contributed by atoms with van der Waals surface area (Å²) in [6.45, 7) is 5.43. The quantitative estimate of drug-likeness (QED) is 0.652. The molecule has 7 nitrogen and oxygen atoms in total. The first kappa shape index (κ1) is 17.2. The van der Waals surface area contributed by atoms with Gasteiger partial charge in [-0.25, -0.2) is 4.99 Å². The third-order valence-electron chi connectivity index (χ3n) is 5.23. The fourth-order valence-corrected chi connectivity index (χ4v) is 3.62. The minimum atomic E-state index is 0.562. The van der Waals surface area contributed by atoms with E-state index in [0.29, 0.717) is 18.5 Å². The van der Waals surface area contributed by atoms with Gasteiger partial charge in [0.25, 0.3) is 0 Å². The fourth-order valence-electron chi connectivity index (χ4n) is 3.62. The van der Waals surface area contributed by atoms with E-state index >= 15 is 0 Å². The summed E-state index contributed by atoms with van der Waals surface area (Å²) in [7, 11) is 3.78. The van der Waals surface area contributed by atoms with Gasteiger partial charge in [-0.3, -0.25) is 0 Å². The monoisotopic (exact) mass is 334 g/mol. The Morgan fingerprint density at radius 2 is 2.08 bits per heavy atom. The first-order chi connectivity index (χ1) is 11.7. The molecule has 0 amide bonds. The smallest absolute Gasteiger partial charge is 0.194 e. The van der Waals surface area contributed by atoms with E-state index < -0.39 is 0 Å². The number of aliphatic imine (C=N–C) groups is 1. The zero-order valence-corrected chi connectivity index (χ0v) is 15.2. The summed E-state index contributed by atoms with van der Waals surface area (Å²) in [6, 6.07) is 0.562. The maximum Gasteiger partial charge on any atom is 0.194 e. The molecule has 1 unspecified atom stereocenters. The van der Waals surface area contributed by atoms with Crippen molar-refractivity contribution in [1.82, 2.24) is 25.0 Å².